The SMILES string of the molecule is ClCC1(CI)COC1. The van der Waals surface area contributed by atoms with Gasteiger partial charge in [0.2, 0.25) is 0 Å². The maximum Gasteiger partial charge on any atom is 0.0563 e. The Kier molecular flexibility index (Phi) is 2.40. The van der Waals surface area contributed by atoms with Gasteiger partial charge in [-0.1, -0.05) is 22.6 Å². The van der Waals surface area contributed by atoms with E-state index in [2.05, 4.69) is 22.6 Å². The molecular weight excluding hydrogens is 238 g/mol. The fraction of sp³-hybridized carbons (Fsp3) is 1.00. The molecule has 1 fully saturated rings. The van der Waals surface area contributed by atoms with Crippen molar-refractivity contribution < 1.29 is 4.74 Å². The molecule has 0 amide bonds. The van der Waals surface area contributed by atoms with E-state index in [-0.39, 0.29) is 0 Å². The minimum absolute atomic E-state index is 0.335. The second-order valence-corrected chi connectivity index (χ2v) is 3.29. The van der Waals surface area contributed by atoms with Crippen LogP contribution < -0.4 is 0 Å². The number of alkyl halides is 2. The summed E-state index contributed by atoms with van der Waals surface area (Å²) in [5.41, 5.74) is 0.335. The highest BCUT2D eigenvalue weighted by molar-refractivity contribution is 14.1. The summed E-state index contributed by atoms with van der Waals surface area (Å²) in [6.45, 7) is 1.72. The number of hydrogen-bond acceptors (Lipinski definition) is 1. The third kappa shape index (κ3) is 1.11. The monoisotopic (exact) mass is 246 g/mol. The quantitative estimate of drug-likeness (QED) is 0.532. The molecule has 0 spiro atoms. The molecule has 0 aliphatic carbocycles. The Morgan fingerprint density at radius 1 is 1.62 bits per heavy atom. The second kappa shape index (κ2) is 2.71. The molecule has 1 rings (SSSR count). The summed E-state index contributed by atoms with van der Waals surface area (Å²) in [6, 6.07) is 0. The first-order valence-electron chi connectivity index (χ1n) is 2.53. The van der Waals surface area contributed by atoms with Crippen LogP contribution in [0.3, 0.4) is 0 Å². The standard InChI is InChI=1S/C5H8ClIO/c6-1-5(2-7)3-8-4-5/h1-4H2. The molecule has 3 heteroatoms. The van der Waals surface area contributed by atoms with Crippen molar-refractivity contribution in [3.8, 4) is 0 Å². The lowest BCUT2D eigenvalue weighted by Crippen LogP contribution is -2.45. The molecule has 0 aromatic carbocycles. The zero-order chi connectivity index (χ0) is 6.04. The van der Waals surface area contributed by atoms with Crippen molar-refractivity contribution >= 4 is 34.2 Å². The maximum atomic E-state index is 5.68. The molecule has 0 N–H and O–H groups in total. The average Bonchev–Trinajstić information content (AvgIpc) is 1.67. The normalized spacial score (nSPS) is 24.8. The number of hydrogen-bond donors (Lipinski definition) is 0. The predicted octanol–water partition coefficient (Wildman–Crippen LogP) is 1.68. The fourth-order valence-corrected chi connectivity index (χ4v) is 1.86. The van der Waals surface area contributed by atoms with E-state index in [1.807, 2.05) is 0 Å². The van der Waals surface area contributed by atoms with Gasteiger partial charge in [-0.15, -0.1) is 11.6 Å². The maximum absolute atomic E-state index is 5.68. The van der Waals surface area contributed by atoms with Crippen LogP contribution in [0.15, 0.2) is 0 Å². The molecule has 0 aromatic heterocycles. The van der Waals surface area contributed by atoms with Crippen LogP contribution in [0.1, 0.15) is 0 Å². The second-order valence-electron chi connectivity index (χ2n) is 2.26. The van der Waals surface area contributed by atoms with E-state index >= 15 is 0 Å². The highest BCUT2D eigenvalue weighted by Crippen LogP contribution is 2.30. The zero-order valence-electron chi connectivity index (χ0n) is 4.49. The third-order valence-electron chi connectivity index (χ3n) is 1.38. The van der Waals surface area contributed by atoms with Crippen molar-refractivity contribution in [2.45, 2.75) is 0 Å². The Bertz CT molecular complexity index is 69.0. The Morgan fingerprint density at radius 3 is 2.25 bits per heavy atom. The van der Waals surface area contributed by atoms with Gasteiger partial charge in [0.05, 0.1) is 13.2 Å². The summed E-state index contributed by atoms with van der Waals surface area (Å²) in [5, 5.41) is 0. The summed E-state index contributed by atoms with van der Waals surface area (Å²) >= 11 is 8.03. The van der Waals surface area contributed by atoms with Crippen LogP contribution in [0.25, 0.3) is 0 Å². The van der Waals surface area contributed by atoms with Gasteiger partial charge in [0.15, 0.2) is 0 Å². The highest BCUT2D eigenvalue weighted by Gasteiger charge is 2.36. The molecule has 0 unspecified atom stereocenters. The first kappa shape index (κ1) is 7.09. The van der Waals surface area contributed by atoms with E-state index in [4.69, 9.17) is 16.3 Å². The first-order chi connectivity index (χ1) is 3.83. The summed E-state index contributed by atoms with van der Waals surface area (Å²) in [5.74, 6) is 0.746. The zero-order valence-corrected chi connectivity index (χ0v) is 7.41. The lowest BCUT2D eigenvalue weighted by Gasteiger charge is -2.38. The van der Waals surface area contributed by atoms with E-state index in [0.717, 1.165) is 23.5 Å². The predicted molar refractivity (Wildman–Crippen MR) is 42.9 cm³/mol. The van der Waals surface area contributed by atoms with E-state index < -0.39 is 0 Å². The minimum atomic E-state index is 0.335. The first-order valence-corrected chi connectivity index (χ1v) is 4.59. The van der Waals surface area contributed by atoms with Crippen molar-refractivity contribution in [3.05, 3.63) is 0 Å². The number of ether oxygens (including phenoxy) is 1. The summed E-state index contributed by atoms with van der Waals surface area (Å²) < 4.78 is 6.15. The van der Waals surface area contributed by atoms with Crippen LogP contribution in [-0.4, -0.2) is 23.5 Å². The van der Waals surface area contributed by atoms with E-state index in [0.29, 0.717) is 5.41 Å². The van der Waals surface area contributed by atoms with Gasteiger partial charge in [0, 0.05) is 15.7 Å². The lowest BCUT2D eigenvalue weighted by atomic mass is 9.92. The molecular formula is C5H8ClIO. The average molecular weight is 246 g/mol. The molecule has 1 aliphatic rings. The molecule has 1 aliphatic heterocycles. The van der Waals surface area contributed by atoms with Gasteiger partial charge in [0.25, 0.3) is 0 Å². The van der Waals surface area contributed by atoms with Gasteiger partial charge < -0.3 is 4.74 Å². The molecule has 0 bridgehead atoms. The molecule has 0 saturated carbocycles. The molecule has 0 aromatic rings. The number of halogens is 2. The van der Waals surface area contributed by atoms with Crippen LogP contribution in [-0.2, 0) is 4.74 Å². The van der Waals surface area contributed by atoms with Crippen LogP contribution in [0, 0.1) is 5.41 Å². The van der Waals surface area contributed by atoms with Crippen LogP contribution in [0.4, 0.5) is 0 Å². The fourth-order valence-electron chi connectivity index (χ4n) is 0.581. The van der Waals surface area contributed by atoms with E-state index in [1.54, 1.807) is 0 Å². The topological polar surface area (TPSA) is 9.23 Å². The van der Waals surface area contributed by atoms with Crippen molar-refractivity contribution in [1.29, 1.82) is 0 Å². The molecule has 1 nitrogen and oxygen atoms in total. The lowest BCUT2D eigenvalue weighted by molar-refractivity contribution is -0.0820. The Morgan fingerprint density at radius 2 is 2.25 bits per heavy atom. The Balaban J connectivity index is 2.33. The summed E-state index contributed by atoms with van der Waals surface area (Å²) in [7, 11) is 0. The van der Waals surface area contributed by atoms with Crippen LogP contribution in [0.5, 0.6) is 0 Å². The van der Waals surface area contributed by atoms with Crippen LogP contribution in [0.2, 0.25) is 0 Å². The molecule has 1 saturated heterocycles. The van der Waals surface area contributed by atoms with Gasteiger partial charge in [-0.25, -0.2) is 0 Å². The molecule has 0 radical (unpaired) electrons. The highest BCUT2D eigenvalue weighted by atomic mass is 127. The van der Waals surface area contributed by atoms with Crippen molar-refractivity contribution in [1.82, 2.24) is 0 Å². The largest absolute Gasteiger partial charge is 0.380 e. The van der Waals surface area contributed by atoms with Crippen LogP contribution >= 0.6 is 34.2 Å². The smallest absolute Gasteiger partial charge is 0.0563 e. The summed E-state index contributed by atoms with van der Waals surface area (Å²) in [6.07, 6.45) is 0. The summed E-state index contributed by atoms with van der Waals surface area (Å²) in [4.78, 5) is 0. The van der Waals surface area contributed by atoms with Gasteiger partial charge in [-0.2, -0.15) is 0 Å². The third-order valence-corrected chi connectivity index (χ3v) is 3.57. The van der Waals surface area contributed by atoms with Gasteiger partial charge >= 0.3 is 0 Å². The van der Waals surface area contributed by atoms with Gasteiger partial charge in [0.1, 0.15) is 0 Å². The van der Waals surface area contributed by atoms with E-state index in [1.165, 1.54) is 0 Å². The van der Waals surface area contributed by atoms with Crippen molar-refractivity contribution in [2.75, 3.05) is 23.5 Å². The molecule has 48 valence electrons. The molecule has 0 atom stereocenters. The van der Waals surface area contributed by atoms with Crippen molar-refractivity contribution in [3.63, 3.8) is 0 Å². The van der Waals surface area contributed by atoms with Gasteiger partial charge in [-0.05, 0) is 0 Å². The van der Waals surface area contributed by atoms with Gasteiger partial charge in [-0.3, -0.25) is 0 Å². The molecule has 8 heavy (non-hydrogen) atoms. The van der Waals surface area contributed by atoms with E-state index in [9.17, 15) is 0 Å². The Labute approximate surface area is 67.9 Å². The Hall–Kier alpha value is 0.980. The number of rotatable bonds is 2. The molecule has 1 heterocycles. The van der Waals surface area contributed by atoms with Crippen molar-refractivity contribution in [2.24, 2.45) is 5.41 Å². The minimum Gasteiger partial charge on any atom is -0.380 e.